The van der Waals surface area contributed by atoms with E-state index in [2.05, 4.69) is 15.5 Å². The summed E-state index contributed by atoms with van der Waals surface area (Å²) >= 11 is 0. The third-order valence-electron chi connectivity index (χ3n) is 9.01. The summed E-state index contributed by atoms with van der Waals surface area (Å²) in [7, 11) is 0. The van der Waals surface area contributed by atoms with Gasteiger partial charge in [0.25, 0.3) is 0 Å². The first-order valence-corrected chi connectivity index (χ1v) is 15.0. The van der Waals surface area contributed by atoms with Crippen molar-refractivity contribution in [3.8, 4) is 5.75 Å². The first-order chi connectivity index (χ1) is 21.3. The number of para-hydroxylation sites is 1. The molecule has 226 valence electrons. The molecule has 44 heavy (non-hydrogen) atoms. The van der Waals surface area contributed by atoms with E-state index in [1.165, 1.54) is 6.07 Å². The van der Waals surface area contributed by atoms with Gasteiger partial charge in [-0.2, -0.15) is 0 Å². The van der Waals surface area contributed by atoms with E-state index >= 15 is 0 Å². The standard InChI is InChI=1S/C34H33FN4O5/c35-27-16-22(33(36)40)4-7-26(27)30-9-6-21-2-1-3-25(32(21)44-30)20-10-13-38(14-11-20)19-31-37-28-8-5-23(34(41)42)17-29(28)39(31)18-24-12-15-43-24/h1-9,16-17,20,24,30H,10-15,18-19H2,(H2,36,40)(H,41,42)/t24-,30+/m0/s1. The lowest BCUT2D eigenvalue weighted by Crippen LogP contribution is -2.35. The van der Waals surface area contributed by atoms with Crippen LogP contribution in [-0.4, -0.2) is 57.2 Å². The Hall–Kier alpha value is -4.54. The number of imidazole rings is 1. The van der Waals surface area contributed by atoms with Gasteiger partial charge in [0, 0.05) is 23.3 Å². The Bertz CT molecular complexity index is 1790. The summed E-state index contributed by atoms with van der Waals surface area (Å²) < 4.78 is 29.2. The molecule has 0 saturated carbocycles. The molecule has 0 unspecified atom stereocenters. The second-order valence-electron chi connectivity index (χ2n) is 11.7. The van der Waals surface area contributed by atoms with E-state index in [4.69, 9.17) is 20.2 Å². The second-order valence-corrected chi connectivity index (χ2v) is 11.7. The number of ether oxygens (including phenoxy) is 2. The molecule has 4 aromatic rings. The van der Waals surface area contributed by atoms with Crippen molar-refractivity contribution in [2.24, 2.45) is 5.73 Å². The van der Waals surface area contributed by atoms with Gasteiger partial charge in [-0.25, -0.2) is 14.2 Å². The van der Waals surface area contributed by atoms with Crippen LogP contribution in [0.5, 0.6) is 5.75 Å². The van der Waals surface area contributed by atoms with Crippen LogP contribution in [0, 0.1) is 5.82 Å². The predicted molar refractivity (Wildman–Crippen MR) is 162 cm³/mol. The van der Waals surface area contributed by atoms with E-state index in [9.17, 15) is 19.1 Å². The molecule has 0 spiro atoms. The number of carbonyl (C=O) groups is 2. The maximum absolute atomic E-state index is 14.9. The number of hydrogen-bond acceptors (Lipinski definition) is 6. The van der Waals surface area contributed by atoms with Crippen LogP contribution in [0.3, 0.4) is 0 Å². The molecule has 4 heterocycles. The van der Waals surface area contributed by atoms with Crippen molar-refractivity contribution in [2.75, 3.05) is 19.7 Å². The van der Waals surface area contributed by atoms with Gasteiger partial charge in [0.2, 0.25) is 5.91 Å². The van der Waals surface area contributed by atoms with Crippen LogP contribution >= 0.6 is 0 Å². The van der Waals surface area contributed by atoms with Gasteiger partial charge in [-0.15, -0.1) is 0 Å². The molecule has 0 bridgehead atoms. The predicted octanol–water partition coefficient (Wildman–Crippen LogP) is 5.29. The van der Waals surface area contributed by atoms with Gasteiger partial charge in [-0.3, -0.25) is 9.69 Å². The highest BCUT2D eigenvalue weighted by atomic mass is 19.1. The molecule has 3 aliphatic heterocycles. The molecule has 0 radical (unpaired) electrons. The van der Waals surface area contributed by atoms with Crippen LogP contribution in [0.4, 0.5) is 4.39 Å². The highest BCUT2D eigenvalue weighted by Gasteiger charge is 2.29. The third kappa shape index (κ3) is 5.35. The molecule has 7 rings (SSSR count). The number of hydrogen-bond donors (Lipinski definition) is 2. The van der Waals surface area contributed by atoms with Crippen molar-refractivity contribution >= 4 is 29.0 Å². The Balaban J connectivity index is 1.07. The number of halogens is 1. The van der Waals surface area contributed by atoms with Gasteiger partial charge < -0.3 is 24.9 Å². The number of carboxylic acid groups (broad SMARTS) is 1. The van der Waals surface area contributed by atoms with Crippen molar-refractivity contribution in [3.63, 3.8) is 0 Å². The molecule has 0 aliphatic carbocycles. The van der Waals surface area contributed by atoms with E-state index < -0.39 is 23.8 Å². The maximum Gasteiger partial charge on any atom is 0.335 e. The molecule has 2 fully saturated rings. The highest BCUT2D eigenvalue weighted by Crippen LogP contribution is 2.42. The van der Waals surface area contributed by atoms with Crippen molar-refractivity contribution in [2.45, 2.75) is 50.5 Å². The van der Waals surface area contributed by atoms with Gasteiger partial charge in [0.05, 0.1) is 35.8 Å². The molecular weight excluding hydrogens is 563 g/mol. The molecule has 9 nitrogen and oxygen atoms in total. The van der Waals surface area contributed by atoms with Crippen LogP contribution in [-0.2, 0) is 17.8 Å². The Labute approximate surface area is 253 Å². The largest absolute Gasteiger partial charge is 0.481 e. The zero-order valence-electron chi connectivity index (χ0n) is 24.1. The number of benzene rings is 3. The number of piperidine rings is 1. The number of likely N-dealkylation sites (tertiary alicyclic amines) is 1. The summed E-state index contributed by atoms with van der Waals surface area (Å²) in [4.78, 5) is 30.4. The monoisotopic (exact) mass is 596 g/mol. The van der Waals surface area contributed by atoms with E-state index in [1.807, 2.05) is 24.3 Å². The average Bonchev–Trinajstić information content (AvgIpc) is 3.34. The van der Waals surface area contributed by atoms with Crippen molar-refractivity contribution < 1.29 is 28.6 Å². The maximum atomic E-state index is 14.9. The fourth-order valence-electron chi connectivity index (χ4n) is 6.46. The summed E-state index contributed by atoms with van der Waals surface area (Å²) in [5.74, 6) is -0.202. The Morgan fingerprint density at radius 2 is 1.82 bits per heavy atom. The van der Waals surface area contributed by atoms with Gasteiger partial charge in [0.15, 0.2) is 0 Å². The minimum absolute atomic E-state index is 0.113. The summed E-state index contributed by atoms with van der Waals surface area (Å²) in [5, 5.41) is 9.54. The quantitative estimate of drug-likeness (QED) is 0.284. The third-order valence-corrected chi connectivity index (χ3v) is 9.01. The van der Waals surface area contributed by atoms with E-state index in [1.54, 1.807) is 24.3 Å². The molecule has 3 aromatic carbocycles. The fourth-order valence-corrected chi connectivity index (χ4v) is 6.46. The fraction of sp³-hybridized carbons (Fsp3) is 0.324. The highest BCUT2D eigenvalue weighted by molar-refractivity contribution is 5.93. The second kappa shape index (κ2) is 11.5. The smallest absolute Gasteiger partial charge is 0.335 e. The lowest BCUT2D eigenvalue weighted by Gasteiger charge is -2.34. The average molecular weight is 597 g/mol. The van der Waals surface area contributed by atoms with Crippen LogP contribution in [0.25, 0.3) is 17.1 Å². The summed E-state index contributed by atoms with van der Waals surface area (Å²) in [5.41, 5.74) is 9.72. The lowest BCUT2D eigenvalue weighted by atomic mass is 9.87. The van der Waals surface area contributed by atoms with Gasteiger partial charge in [-0.05, 0) is 80.2 Å². The molecule has 1 aromatic heterocycles. The van der Waals surface area contributed by atoms with Gasteiger partial charge in [-0.1, -0.05) is 30.3 Å². The van der Waals surface area contributed by atoms with E-state index in [0.717, 1.165) is 78.8 Å². The van der Waals surface area contributed by atoms with Crippen molar-refractivity contribution in [1.29, 1.82) is 0 Å². The van der Waals surface area contributed by atoms with Gasteiger partial charge in [0.1, 0.15) is 23.5 Å². The molecule has 3 aliphatic rings. The zero-order chi connectivity index (χ0) is 30.4. The minimum Gasteiger partial charge on any atom is -0.481 e. The molecule has 3 N–H and O–H groups in total. The number of nitrogens with zero attached hydrogens (tertiary/aromatic N) is 3. The summed E-state index contributed by atoms with van der Waals surface area (Å²) in [6, 6.07) is 15.5. The first kappa shape index (κ1) is 28.2. The molecule has 2 atom stereocenters. The zero-order valence-corrected chi connectivity index (χ0v) is 24.1. The number of amides is 1. The van der Waals surface area contributed by atoms with Crippen LogP contribution in [0.2, 0.25) is 0 Å². The number of rotatable bonds is 8. The Kier molecular flexibility index (Phi) is 7.39. The lowest BCUT2D eigenvalue weighted by molar-refractivity contribution is -0.0592. The van der Waals surface area contributed by atoms with Crippen LogP contribution in [0.15, 0.2) is 60.7 Å². The van der Waals surface area contributed by atoms with E-state index in [0.29, 0.717) is 18.7 Å². The molecule has 1 amide bonds. The summed E-state index contributed by atoms with van der Waals surface area (Å²) in [6.07, 6.45) is 6.12. The van der Waals surface area contributed by atoms with Crippen LogP contribution in [0.1, 0.15) is 74.5 Å². The Morgan fingerprint density at radius 3 is 2.52 bits per heavy atom. The SMILES string of the molecule is NC(=O)c1ccc([C@H]2C=Cc3cccc(C4CCN(Cc5nc6ccc(C(=O)O)cc6n5C[C@@H]5CCO5)CC4)c3O2)c(F)c1. The van der Waals surface area contributed by atoms with Crippen molar-refractivity contribution in [3.05, 3.63) is 100 Å². The van der Waals surface area contributed by atoms with Crippen LogP contribution < -0.4 is 10.5 Å². The number of nitrogens with two attached hydrogens (primary N) is 1. The number of primary amides is 1. The van der Waals surface area contributed by atoms with Crippen molar-refractivity contribution in [1.82, 2.24) is 14.5 Å². The van der Waals surface area contributed by atoms with Gasteiger partial charge >= 0.3 is 5.97 Å². The molecule has 10 heteroatoms. The Morgan fingerprint density at radius 1 is 1.02 bits per heavy atom. The number of aromatic nitrogens is 2. The number of carboxylic acids is 1. The number of fused-ring (bicyclic) bond motifs is 2. The molecule has 2 saturated heterocycles. The minimum atomic E-state index is -0.955. The topological polar surface area (TPSA) is 120 Å². The number of aromatic carboxylic acids is 1. The summed E-state index contributed by atoms with van der Waals surface area (Å²) in [6.45, 7) is 3.78. The van der Waals surface area contributed by atoms with E-state index in [-0.39, 0.29) is 23.1 Å². The molecular formula is C34H33FN4O5. The first-order valence-electron chi connectivity index (χ1n) is 15.0. The number of carbonyl (C=O) groups excluding carboxylic acids is 1. The normalized spacial score (nSPS) is 20.2.